The molecule has 0 fully saturated rings. The van der Waals surface area contributed by atoms with Gasteiger partial charge in [-0.25, -0.2) is 4.79 Å². The summed E-state index contributed by atoms with van der Waals surface area (Å²) in [5.74, 6) is -0.356. The molecule has 21 heavy (non-hydrogen) atoms. The number of anilines is 1. The molecule has 104 valence electrons. The second-order valence-electron chi connectivity index (χ2n) is 4.94. The van der Waals surface area contributed by atoms with Gasteiger partial charge in [-0.1, -0.05) is 18.2 Å². The predicted molar refractivity (Wildman–Crippen MR) is 85.8 cm³/mol. The number of nitrogens with zero attached hydrogens (tertiary/aromatic N) is 1. The highest BCUT2D eigenvalue weighted by molar-refractivity contribution is 7.17. The maximum absolute atomic E-state index is 12.1. The zero-order valence-corrected chi connectivity index (χ0v) is 11.9. The van der Waals surface area contributed by atoms with Crippen LogP contribution in [0.2, 0.25) is 0 Å². The van der Waals surface area contributed by atoms with Gasteiger partial charge in [-0.3, -0.25) is 4.57 Å². The molecular weight excluding hydrogens is 284 g/mol. The highest BCUT2D eigenvalue weighted by Crippen LogP contribution is 2.27. The molecule has 0 unspecified atom stereocenters. The minimum atomic E-state index is -0.356. The predicted octanol–water partition coefficient (Wildman–Crippen LogP) is 3.44. The van der Waals surface area contributed by atoms with Gasteiger partial charge in [0.2, 0.25) is 0 Å². The molecule has 0 aliphatic rings. The van der Waals surface area contributed by atoms with Crippen molar-refractivity contribution in [3.05, 3.63) is 64.0 Å². The summed E-state index contributed by atoms with van der Waals surface area (Å²) in [5.41, 5.74) is 8.84. The molecule has 4 aromatic rings. The molecule has 2 N–H and O–H groups in total. The molecule has 2 heterocycles. The van der Waals surface area contributed by atoms with Gasteiger partial charge in [0.1, 0.15) is 0 Å². The first kappa shape index (κ1) is 12.2. The SMILES string of the molecule is Nc1ccc2oc(=O)n(Cc3csc4ccccc34)c2c1. The highest BCUT2D eigenvalue weighted by atomic mass is 32.1. The van der Waals surface area contributed by atoms with E-state index < -0.39 is 0 Å². The lowest BCUT2D eigenvalue weighted by atomic mass is 10.2. The van der Waals surface area contributed by atoms with E-state index in [-0.39, 0.29) is 5.76 Å². The van der Waals surface area contributed by atoms with E-state index in [1.165, 1.54) is 10.1 Å². The monoisotopic (exact) mass is 296 g/mol. The second kappa shape index (κ2) is 4.49. The van der Waals surface area contributed by atoms with Crippen molar-refractivity contribution in [3.8, 4) is 0 Å². The maximum atomic E-state index is 12.1. The van der Waals surface area contributed by atoms with Crippen LogP contribution in [-0.2, 0) is 6.54 Å². The van der Waals surface area contributed by atoms with E-state index in [0.717, 1.165) is 11.1 Å². The third kappa shape index (κ3) is 1.94. The van der Waals surface area contributed by atoms with Crippen molar-refractivity contribution < 1.29 is 4.42 Å². The summed E-state index contributed by atoms with van der Waals surface area (Å²) >= 11 is 1.68. The summed E-state index contributed by atoms with van der Waals surface area (Å²) in [5, 5.41) is 3.26. The highest BCUT2D eigenvalue weighted by Gasteiger charge is 2.12. The minimum absolute atomic E-state index is 0.356. The van der Waals surface area contributed by atoms with Gasteiger partial charge >= 0.3 is 5.76 Å². The van der Waals surface area contributed by atoms with Crippen LogP contribution in [0.15, 0.2) is 57.1 Å². The van der Waals surface area contributed by atoms with Crippen molar-refractivity contribution in [2.45, 2.75) is 6.54 Å². The van der Waals surface area contributed by atoms with Crippen LogP contribution in [0.4, 0.5) is 5.69 Å². The molecule has 0 saturated carbocycles. The molecule has 0 aliphatic carbocycles. The Bertz CT molecular complexity index is 1010. The Labute approximate surface area is 124 Å². The van der Waals surface area contributed by atoms with Crippen LogP contribution < -0.4 is 11.5 Å². The fourth-order valence-electron chi connectivity index (χ4n) is 2.55. The fourth-order valence-corrected chi connectivity index (χ4v) is 3.51. The molecule has 0 saturated heterocycles. The molecule has 0 bridgehead atoms. The number of nitrogens with two attached hydrogens (primary N) is 1. The minimum Gasteiger partial charge on any atom is -0.408 e. The zero-order chi connectivity index (χ0) is 14.4. The summed E-state index contributed by atoms with van der Waals surface area (Å²) in [7, 11) is 0. The molecule has 4 rings (SSSR count). The molecule has 0 spiro atoms. The number of rotatable bonds is 2. The molecule has 0 radical (unpaired) electrons. The van der Waals surface area contributed by atoms with Crippen LogP contribution in [0.5, 0.6) is 0 Å². The van der Waals surface area contributed by atoms with Crippen LogP contribution in [0, 0.1) is 0 Å². The number of hydrogen-bond acceptors (Lipinski definition) is 4. The van der Waals surface area contributed by atoms with Gasteiger partial charge in [-0.2, -0.15) is 0 Å². The third-order valence-corrected chi connectivity index (χ3v) is 4.59. The lowest BCUT2D eigenvalue weighted by Crippen LogP contribution is -2.14. The molecule has 0 atom stereocenters. The van der Waals surface area contributed by atoms with Gasteiger partial charge in [-0.15, -0.1) is 11.3 Å². The average Bonchev–Trinajstić information content (AvgIpc) is 3.02. The number of benzene rings is 2. The lowest BCUT2D eigenvalue weighted by Gasteiger charge is -2.02. The molecule has 4 nitrogen and oxygen atoms in total. The van der Waals surface area contributed by atoms with E-state index in [2.05, 4.69) is 17.5 Å². The average molecular weight is 296 g/mol. The number of aromatic nitrogens is 1. The van der Waals surface area contributed by atoms with Crippen molar-refractivity contribution in [1.29, 1.82) is 0 Å². The Kier molecular flexibility index (Phi) is 2.62. The van der Waals surface area contributed by atoms with Crippen LogP contribution >= 0.6 is 11.3 Å². The quantitative estimate of drug-likeness (QED) is 0.576. The van der Waals surface area contributed by atoms with Crippen molar-refractivity contribution in [1.82, 2.24) is 4.57 Å². The summed E-state index contributed by atoms with van der Waals surface area (Å²) in [6.07, 6.45) is 0. The van der Waals surface area contributed by atoms with Crippen molar-refractivity contribution in [2.75, 3.05) is 5.73 Å². The number of thiophene rings is 1. The van der Waals surface area contributed by atoms with E-state index >= 15 is 0 Å². The first-order valence-corrected chi connectivity index (χ1v) is 7.44. The summed E-state index contributed by atoms with van der Waals surface area (Å²) in [4.78, 5) is 12.1. The van der Waals surface area contributed by atoms with Gasteiger partial charge in [0.15, 0.2) is 5.58 Å². The van der Waals surface area contributed by atoms with E-state index in [4.69, 9.17) is 10.2 Å². The van der Waals surface area contributed by atoms with Gasteiger partial charge in [-0.05, 0) is 40.6 Å². The fraction of sp³-hybridized carbons (Fsp3) is 0.0625. The van der Waals surface area contributed by atoms with Crippen LogP contribution in [0.1, 0.15) is 5.56 Å². The maximum Gasteiger partial charge on any atom is 0.420 e. The number of fused-ring (bicyclic) bond motifs is 2. The molecule has 2 aromatic carbocycles. The standard InChI is InChI=1S/C16H12N2O2S/c17-11-5-6-14-13(7-11)18(16(19)20-14)8-10-9-21-15-4-2-1-3-12(10)15/h1-7,9H,8,17H2. The Morgan fingerprint density at radius 3 is 2.95 bits per heavy atom. The first-order valence-electron chi connectivity index (χ1n) is 6.56. The lowest BCUT2D eigenvalue weighted by molar-refractivity contribution is 0.518. The normalized spacial score (nSPS) is 11.4. The smallest absolute Gasteiger partial charge is 0.408 e. The van der Waals surface area contributed by atoms with Crippen molar-refractivity contribution in [3.63, 3.8) is 0 Å². The van der Waals surface area contributed by atoms with Gasteiger partial charge in [0.05, 0.1) is 12.1 Å². The van der Waals surface area contributed by atoms with Crippen molar-refractivity contribution in [2.24, 2.45) is 0 Å². The Morgan fingerprint density at radius 1 is 1.19 bits per heavy atom. The third-order valence-electron chi connectivity index (χ3n) is 3.58. The number of nitrogen functional groups attached to an aromatic ring is 1. The summed E-state index contributed by atoms with van der Waals surface area (Å²) < 4.78 is 8.11. The Hall–Kier alpha value is -2.53. The molecule has 0 aliphatic heterocycles. The summed E-state index contributed by atoms with van der Waals surface area (Å²) in [6.45, 7) is 0.485. The molecule has 0 amide bonds. The number of oxazole rings is 1. The van der Waals surface area contributed by atoms with Crippen LogP contribution in [-0.4, -0.2) is 4.57 Å². The largest absolute Gasteiger partial charge is 0.420 e. The number of hydrogen-bond donors (Lipinski definition) is 1. The summed E-state index contributed by atoms with van der Waals surface area (Å²) in [6, 6.07) is 13.4. The Balaban J connectivity index is 1.89. The van der Waals surface area contributed by atoms with Crippen LogP contribution in [0.25, 0.3) is 21.2 Å². The van der Waals surface area contributed by atoms with Gasteiger partial charge < -0.3 is 10.2 Å². The second-order valence-corrected chi connectivity index (χ2v) is 5.85. The van der Waals surface area contributed by atoms with E-state index in [9.17, 15) is 4.79 Å². The van der Waals surface area contributed by atoms with Gasteiger partial charge in [0, 0.05) is 10.4 Å². The van der Waals surface area contributed by atoms with E-state index in [1.807, 2.05) is 12.1 Å². The first-order chi connectivity index (χ1) is 10.2. The Morgan fingerprint density at radius 2 is 2.05 bits per heavy atom. The molecule has 2 aromatic heterocycles. The van der Waals surface area contributed by atoms with Crippen molar-refractivity contribution >= 4 is 38.2 Å². The molecular formula is C16H12N2O2S. The van der Waals surface area contributed by atoms with Gasteiger partial charge in [0.25, 0.3) is 0 Å². The van der Waals surface area contributed by atoms with Crippen LogP contribution in [0.3, 0.4) is 0 Å². The topological polar surface area (TPSA) is 61.2 Å². The zero-order valence-electron chi connectivity index (χ0n) is 11.1. The van der Waals surface area contributed by atoms with E-state index in [1.54, 1.807) is 34.1 Å². The molecule has 5 heteroatoms. The van der Waals surface area contributed by atoms with E-state index in [0.29, 0.717) is 17.8 Å².